The highest BCUT2D eigenvalue weighted by Gasteiger charge is 2.09. The molecule has 0 heterocycles. The van der Waals surface area contributed by atoms with Gasteiger partial charge in [0.15, 0.2) is 11.5 Å². The summed E-state index contributed by atoms with van der Waals surface area (Å²) in [6, 6.07) is 19.7. The van der Waals surface area contributed by atoms with Gasteiger partial charge >= 0.3 is 0 Å². The van der Waals surface area contributed by atoms with Crippen LogP contribution in [0.1, 0.15) is 27.9 Å². The average Bonchev–Trinajstić information content (AvgIpc) is 2.85. The number of amides is 2. The molecule has 176 valence electrons. The van der Waals surface area contributed by atoms with Gasteiger partial charge in [0.05, 0.1) is 23.4 Å². The number of carbonyl (C=O) groups excluding carboxylic acids is 2. The Morgan fingerprint density at radius 2 is 1.76 bits per heavy atom. The monoisotopic (exact) mass is 499 g/mol. The molecule has 0 saturated carbocycles. The third kappa shape index (κ3) is 7.50. The lowest BCUT2D eigenvalue weighted by molar-refractivity contribution is -0.120. The molecule has 0 fully saturated rings. The molecule has 0 bridgehead atoms. The second-order valence-corrected chi connectivity index (χ2v) is 7.93. The van der Waals surface area contributed by atoms with Gasteiger partial charge in [0.1, 0.15) is 6.61 Å². The van der Waals surface area contributed by atoms with E-state index in [0.717, 1.165) is 11.1 Å². The molecule has 2 amide bonds. The Balaban J connectivity index is 1.45. The van der Waals surface area contributed by atoms with Gasteiger partial charge in [0.25, 0.3) is 5.91 Å². The zero-order valence-electron chi connectivity index (χ0n) is 18.4. The van der Waals surface area contributed by atoms with Crippen LogP contribution in [0.2, 0.25) is 10.0 Å². The number of rotatable bonds is 10. The van der Waals surface area contributed by atoms with E-state index in [0.29, 0.717) is 28.7 Å². The summed E-state index contributed by atoms with van der Waals surface area (Å²) in [4.78, 5) is 24.1. The Morgan fingerprint density at radius 3 is 2.50 bits per heavy atom. The van der Waals surface area contributed by atoms with E-state index in [9.17, 15) is 9.59 Å². The molecule has 2 N–H and O–H groups in total. The largest absolute Gasteiger partial charge is 0.493 e. The number of carbonyl (C=O) groups is 2. The van der Waals surface area contributed by atoms with Crippen LogP contribution in [-0.4, -0.2) is 31.7 Å². The van der Waals surface area contributed by atoms with E-state index in [2.05, 4.69) is 15.8 Å². The van der Waals surface area contributed by atoms with Gasteiger partial charge in [0.2, 0.25) is 5.91 Å². The summed E-state index contributed by atoms with van der Waals surface area (Å²) in [6.45, 7) is 0.560. The number of methoxy groups -OCH3 is 1. The molecule has 34 heavy (non-hydrogen) atoms. The zero-order valence-corrected chi connectivity index (χ0v) is 19.9. The van der Waals surface area contributed by atoms with E-state index >= 15 is 0 Å². The van der Waals surface area contributed by atoms with Crippen molar-refractivity contribution < 1.29 is 19.1 Å². The number of nitrogens with one attached hydrogen (secondary N) is 2. The highest BCUT2D eigenvalue weighted by Crippen LogP contribution is 2.28. The number of ether oxygens (including phenoxy) is 2. The van der Waals surface area contributed by atoms with Gasteiger partial charge in [-0.2, -0.15) is 5.10 Å². The maximum Gasteiger partial charge on any atom is 0.251 e. The van der Waals surface area contributed by atoms with Gasteiger partial charge in [-0.1, -0.05) is 53.5 Å². The molecule has 0 spiro atoms. The number of halogens is 2. The van der Waals surface area contributed by atoms with Crippen molar-refractivity contribution in [3.05, 3.63) is 93.5 Å². The maximum absolute atomic E-state index is 12.1. The molecule has 0 aromatic heterocycles. The Morgan fingerprint density at radius 1 is 0.971 bits per heavy atom. The van der Waals surface area contributed by atoms with Crippen LogP contribution in [0, 0.1) is 0 Å². The molecule has 0 radical (unpaired) electrons. The van der Waals surface area contributed by atoms with E-state index < -0.39 is 0 Å². The second kappa shape index (κ2) is 12.6. The molecular formula is C25H23Cl2N3O4. The van der Waals surface area contributed by atoms with Crippen LogP contribution in [0.3, 0.4) is 0 Å². The molecule has 0 aliphatic carbocycles. The fourth-order valence-electron chi connectivity index (χ4n) is 2.88. The first-order valence-corrected chi connectivity index (χ1v) is 11.1. The molecule has 0 atom stereocenters. The molecule has 0 unspecified atom stereocenters. The molecule has 3 rings (SSSR count). The van der Waals surface area contributed by atoms with Crippen LogP contribution in [0.4, 0.5) is 0 Å². The van der Waals surface area contributed by atoms with Crippen molar-refractivity contribution in [3.8, 4) is 11.5 Å². The first-order chi connectivity index (χ1) is 16.5. The van der Waals surface area contributed by atoms with Gasteiger partial charge in [0, 0.05) is 18.5 Å². The predicted octanol–water partition coefficient (Wildman–Crippen LogP) is 4.85. The Bertz CT molecular complexity index is 1170. The van der Waals surface area contributed by atoms with Gasteiger partial charge in [-0.3, -0.25) is 9.59 Å². The molecule has 3 aromatic carbocycles. The lowest BCUT2D eigenvalue weighted by Gasteiger charge is -2.11. The fourth-order valence-corrected chi connectivity index (χ4v) is 3.18. The van der Waals surface area contributed by atoms with Crippen LogP contribution < -0.4 is 20.2 Å². The molecule has 0 aliphatic heterocycles. The van der Waals surface area contributed by atoms with Crippen LogP contribution in [0.25, 0.3) is 0 Å². The Labute approximate surface area is 207 Å². The first kappa shape index (κ1) is 25.1. The zero-order chi connectivity index (χ0) is 24.3. The first-order valence-electron chi connectivity index (χ1n) is 10.4. The summed E-state index contributed by atoms with van der Waals surface area (Å²) in [6.07, 6.45) is 1.55. The topological polar surface area (TPSA) is 89.0 Å². The molecule has 0 saturated heterocycles. The van der Waals surface area contributed by atoms with Crippen molar-refractivity contribution in [2.24, 2.45) is 5.10 Å². The highest BCUT2D eigenvalue weighted by molar-refractivity contribution is 6.42. The van der Waals surface area contributed by atoms with E-state index in [4.69, 9.17) is 32.7 Å². The highest BCUT2D eigenvalue weighted by atomic mass is 35.5. The number of benzene rings is 3. The second-order valence-electron chi connectivity index (χ2n) is 7.11. The normalized spacial score (nSPS) is 10.7. The van der Waals surface area contributed by atoms with E-state index in [-0.39, 0.29) is 29.8 Å². The Kier molecular flexibility index (Phi) is 9.31. The fraction of sp³-hybridized carbons (Fsp3) is 0.160. The minimum atomic E-state index is -0.350. The maximum atomic E-state index is 12.1. The van der Waals surface area contributed by atoms with Crippen molar-refractivity contribution in [3.63, 3.8) is 0 Å². The Hall–Kier alpha value is -3.55. The van der Waals surface area contributed by atoms with Gasteiger partial charge in [-0.15, -0.1) is 0 Å². The summed E-state index contributed by atoms with van der Waals surface area (Å²) in [5.74, 6) is 0.457. The van der Waals surface area contributed by atoms with Gasteiger partial charge in [-0.05, 0) is 47.5 Å². The number of hydrogen-bond donors (Lipinski definition) is 2. The van der Waals surface area contributed by atoms with Gasteiger partial charge < -0.3 is 14.8 Å². The van der Waals surface area contributed by atoms with Crippen LogP contribution in [0.15, 0.2) is 71.8 Å². The summed E-state index contributed by atoms with van der Waals surface area (Å²) < 4.78 is 11.2. The van der Waals surface area contributed by atoms with Gasteiger partial charge in [-0.25, -0.2) is 5.43 Å². The van der Waals surface area contributed by atoms with Crippen molar-refractivity contribution in [1.82, 2.24) is 10.7 Å². The molecule has 3 aromatic rings. The summed E-state index contributed by atoms with van der Waals surface area (Å²) >= 11 is 11.8. The number of hydrogen-bond acceptors (Lipinski definition) is 5. The number of nitrogens with zero attached hydrogens (tertiary/aromatic N) is 1. The van der Waals surface area contributed by atoms with Crippen molar-refractivity contribution in [2.45, 2.75) is 13.0 Å². The summed E-state index contributed by atoms with van der Waals surface area (Å²) in [5.41, 5.74) is 4.55. The smallest absolute Gasteiger partial charge is 0.251 e. The van der Waals surface area contributed by atoms with Crippen LogP contribution in [0.5, 0.6) is 11.5 Å². The minimum absolute atomic E-state index is 0.0555. The van der Waals surface area contributed by atoms with E-state index in [1.165, 1.54) is 18.3 Å². The third-order valence-electron chi connectivity index (χ3n) is 4.65. The van der Waals surface area contributed by atoms with E-state index in [1.54, 1.807) is 31.4 Å². The lowest BCUT2D eigenvalue weighted by Crippen LogP contribution is -2.29. The van der Waals surface area contributed by atoms with Crippen molar-refractivity contribution in [2.75, 3.05) is 13.7 Å². The predicted molar refractivity (Wildman–Crippen MR) is 133 cm³/mol. The van der Waals surface area contributed by atoms with Crippen molar-refractivity contribution in [1.29, 1.82) is 0 Å². The molecule has 0 aliphatic rings. The average molecular weight is 500 g/mol. The quantitative estimate of drug-likeness (QED) is 0.308. The molecular weight excluding hydrogens is 477 g/mol. The minimum Gasteiger partial charge on any atom is -0.493 e. The summed E-state index contributed by atoms with van der Waals surface area (Å²) in [7, 11) is 1.56. The summed E-state index contributed by atoms with van der Waals surface area (Å²) in [5, 5.41) is 7.25. The number of hydrazone groups is 1. The third-order valence-corrected chi connectivity index (χ3v) is 5.39. The van der Waals surface area contributed by atoms with Crippen molar-refractivity contribution >= 4 is 41.2 Å². The lowest BCUT2D eigenvalue weighted by atomic mass is 10.2. The molecule has 7 nitrogen and oxygen atoms in total. The van der Waals surface area contributed by atoms with E-state index in [1.807, 2.05) is 30.3 Å². The standard InChI is InChI=1S/C25H23Cl2N3O4/c1-33-23-13-18(7-10-22(23)34-16-17-5-3-2-4-6-17)15-29-30-24(31)11-12-28-25(32)19-8-9-20(26)21(27)14-19/h2-10,13-15H,11-12,16H2,1H3,(H,28,32)(H,30,31). The molecule has 9 heteroatoms. The van der Waals surface area contributed by atoms with Crippen LogP contribution in [-0.2, 0) is 11.4 Å². The SMILES string of the molecule is COc1cc(C=NNC(=O)CCNC(=O)c2ccc(Cl)c(Cl)c2)ccc1OCc1ccccc1. The van der Waals surface area contributed by atoms with Crippen LogP contribution >= 0.6 is 23.2 Å².